The third-order valence-corrected chi connectivity index (χ3v) is 3.34. The van der Waals surface area contributed by atoms with Crippen LogP contribution in [0.2, 0.25) is 0 Å². The van der Waals surface area contributed by atoms with Crippen molar-refractivity contribution in [1.29, 1.82) is 0 Å². The quantitative estimate of drug-likeness (QED) is 0.440. The summed E-state index contributed by atoms with van der Waals surface area (Å²) in [5, 5.41) is 0. The number of rotatable bonds is 4. The molecular formula is C9H16N4OS. The molecule has 0 aliphatic carbocycles. The van der Waals surface area contributed by atoms with Gasteiger partial charge in [0.05, 0.1) is 17.2 Å². The van der Waals surface area contributed by atoms with Crippen molar-refractivity contribution in [3.05, 3.63) is 16.1 Å². The Balaban J connectivity index is 2.59. The minimum atomic E-state index is -0.239. The van der Waals surface area contributed by atoms with E-state index in [9.17, 15) is 4.79 Å². The van der Waals surface area contributed by atoms with Crippen LogP contribution >= 0.6 is 11.3 Å². The van der Waals surface area contributed by atoms with Gasteiger partial charge in [-0.1, -0.05) is 0 Å². The summed E-state index contributed by atoms with van der Waals surface area (Å²) in [4.78, 5) is 18.5. The van der Waals surface area contributed by atoms with Crippen molar-refractivity contribution in [2.45, 2.75) is 26.4 Å². The van der Waals surface area contributed by atoms with Crippen molar-refractivity contribution in [3.8, 4) is 0 Å². The summed E-state index contributed by atoms with van der Waals surface area (Å²) in [6.45, 7) is 4.50. The Morgan fingerprint density at radius 2 is 2.47 bits per heavy atom. The number of aromatic nitrogens is 1. The van der Waals surface area contributed by atoms with Gasteiger partial charge in [-0.25, -0.2) is 10.8 Å². The van der Waals surface area contributed by atoms with Gasteiger partial charge in [0.25, 0.3) is 5.91 Å². The second-order valence-corrected chi connectivity index (χ2v) is 4.40. The van der Waals surface area contributed by atoms with Gasteiger partial charge in [0.1, 0.15) is 0 Å². The summed E-state index contributed by atoms with van der Waals surface area (Å²) >= 11 is 1.60. The highest BCUT2D eigenvalue weighted by atomic mass is 32.1. The second-order valence-electron chi connectivity index (χ2n) is 3.46. The van der Waals surface area contributed by atoms with Crippen LogP contribution in [0.1, 0.15) is 17.5 Å². The third kappa shape index (κ3) is 2.98. The van der Waals surface area contributed by atoms with Gasteiger partial charge in [0.15, 0.2) is 0 Å². The van der Waals surface area contributed by atoms with E-state index in [2.05, 4.69) is 10.4 Å². The molecule has 1 rings (SSSR count). The lowest BCUT2D eigenvalue weighted by atomic mass is 10.2. The summed E-state index contributed by atoms with van der Waals surface area (Å²) in [6, 6.07) is -0.239. The number of amides is 1. The first kappa shape index (κ1) is 12.1. The van der Waals surface area contributed by atoms with Crippen molar-refractivity contribution in [2.75, 3.05) is 7.05 Å². The molecule has 1 atom stereocenters. The van der Waals surface area contributed by atoms with E-state index < -0.39 is 0 Å². The summed E-state index contributed by atoms with van der Waals surface area (Å²) in [7, 11) is 1.89. The van der Waals surface area contributed by atoms with Crippen molar-refractivity contribution < 1.29 is 4.79 Å². The number of nitrogens with zero attached hydrogens (tertiary/aromatic N) is 2. The van der Waals surface area contributed by atoms with E-state index in [1.54, 1.807) is 11.3 Å². The fourth-order valence-corrected chi connectivity index (χ4v) is 2.00. The zero-order valence-corrected chi connectivity index (χ0v) is 9.97. The molecule has 0 aromatic carbocycles. The number of aryl methyl sites for hydroxylation is 1. The Hall–Kier alpha value is -0.980. The number of nitrogens with two attached hydrogens (primary N) is 1. The molecule has 1 aromatic rings. The molecule has 1 aromatic heterocycles. The molecule has 1 heterocycles. The van der Waals surface area contributed by atoms with Crippen LogP contribution in [0.25, 0.3) is 0 Å². The first-order valence-electron chi connectivity index (χ1n) is 4.66. The molecule has 84 valence electrons. The molecule has 15 heavy (non-hydrogen) atoms. The Bertz CT molecular complexity index is 339. The van der Waals surface area contributed by atoms with E-state index in [0.29, 0.717) is 6.54 Å². The SMILES string of the molecule is Cc1ncsc1CN(C)C(C)C(=O)NN. The highest BCUT2D eigenvalue weighted by Crippen LogP contribution is 2.15. The van der Waals surface area contributed by atoms with Crippen molar-refractivity contribution >= 4 is 17.2 Å². The van der Waals surface area contributed by atoms with Crippen molar-refractivity contribution in [2.24, 2.45) is 5.84 Å². The molecule has 1 amide bonds. The van der Waals surface area contributed by atoms with Crippen LogP contribution in [0, 0.1) is 6.92 Å². The van der Waals surface area contributed by atoms with Crippen LogP contribution in [0.15, 0.2) is 5.51 Å². The molecule has 0 radical (unpaired) electrons. The fourth-order valence-electron chi connectivity index (χ4n) is 1.16. The largest absolute Gasteiger partial charge is 0.293 e. The number of hydrogen-bond donors (Lipinski definition) is 2. The number of hydrogen-bond acceptors (Lipinski definition) is 5. The molecule has 0 aliphatic rings. The maximum atomic E-state index is 11.3. The van der Waals surface area contributed by atoms with Crippen LogP contribution in [-0.4, -0.2) is 28.9 Å². The fraction of sp³-hybridized carbons (Fsp3) is 0.556. The predicted molar refractivity (Wildman–Crippen MR) is 60.1 cm³/mol. The minimum absolute atomic E-state index is 0.181. The van der Waals surface area contributed by atoms with Crippen LogP contribution in [0.5, 0.6) is 0 Å². The number of carbonyl (C=O) groups is 1. The second kappa shape index (κ2) is 5.20. The molecule has 0 bridgehead atoms. The lowest BCUT2D eigenvalue weighted by Crippen LogP contribution is -2.45. The Morgan fingerprint density at radius 3 is 2.93 bits per heavy atom. The molecule has 0 saturated carbocycles. The van der Waals surface area contributed by atoms with Gasteiger partial charge in [-0.15, -0.1) is 11.3 Å². The number of nitrogens with one attached hydrogen (secondary N) is 1. The smallest absolute Gasteiger partial charge is 0.250 e. The summed E-state index contributed by atoms with van der Waals surface area (Å²) in [5.41, 5.74) is 4.98. The van der Waals surface area contributed by atoms with Crippen LogP contribution in [0.3, 0.4) is 0 Å². The summed E-state index contributed by atoms with van der Waals surface area (Å²) in [6.07, 6.45) is 0. The topological polar surface area (TPSA) is 71.2 Å². The normalized spacial score (nSPS) is 12.9. The van der Waals surface area contributed by atoms with Crippen LogP contribution in [-0.2, 0) is 11.3 Å². The molecule has 0 aliphatic heterocycles. The third-order valence-electron chi connectivity index (χ3n) is 2.42. The van der Waals surface area contributed by atoms with Gasteiger partial charge in [-0.3, -0.25) is 15.1 Å². The Morgan fingerprint density at radius 1 is 1.80 bits per heavy atom. The number of likely N-dealkylation sites (N-methyl/N-ethyl adjacent to an activating group) is 1. The van der Waals surface area contributed by atoms with Crippen LogP contribution < -0.4 is 11.3 Å². The van der Waals surface area contributed by atoms with E-state index in [-0.39, 0.29) is 11.9 Å². The number of thiazole rings is 1. The highest BCUT2D eigenvalue weighted by molar-refractivity contribution is 7.09. The molecule has 0 saturated heterocycles. The van der Waals surface area contributed by atoms with Gasteiger partial charge in [0, 0.05) is 11.4 Å². The number of hydrazine groups is 1. The minimum Gasteiger partial charge on any atom is -0.293 e. The molecule has 6 heteroatoms. The average Bonchev–Trinajstić information content (AvgIpc) is 2.62. The summed E-state index contributed by atoms with van der Waals surface area (Å²) in [5.74, 6) is 4.90. The Labute approximate surface area is 93.3 Å². The van der Waals surface area contributed by atoms with Gasteiger partial charge >= 0.3 is 0 Å². The van der Waals surface area contributed by atoms with Crippen LogP contribution in [0.4, 0.5) is 0 Å². The van der Waals surface area contributed by atoms with Gasteiger partial charge in [-0.2, -0.15) is 0 Å². The first-order valence-corrected chi connectivity index (χ1v) is 5.54. The van der Waals surface area contributed by atoms with E-state index in [1.807, 2.05) is 31.3 Å². The maximum absolute atomic E-state index is 11.3. The lowest BCUT2D eigenvalue weighted by Gasteiger charge is -2.22. The van der Waals surface area contributed by atoms with Gasteiger partial charge in [0.2, 0.25) is 0 Å². The zero-order valence-electron chi connectivity index (χ0n) is 9.15. The van der Waals surface area contributed by atoms with E-state index in [4.69, 9.17) is 5.84 Å². The summed E-state index contributed by atoms with van der Waals surface area (Å²) < 4.78 is 0. The molecular weight excluding hydrogens is 212 g/mol. The first-order chi connectivity index (χ1) is 7.06. The van der Waals surface area contributed by atoms with Crippen molar-refractivity contribution in [1.82, 2.24) is 15.3 Å². The highest BCUT2D eigenvalue weighted by Gasteiger charge is 2.18. The molecule has 0 spiro atoms. The van der Waals surface area contributed by atoms with E-state index in [1.165, 1.54) is 4.88 Å². The van der Waals surface area contributed by atoms with Gasteiger partial charge < -0.3 is 0 Å². The monoisotopic (exact) mass is 228 g/mol. The average molecular weight is 228 g/mol. The number of carbonyl (C=O) groups excluding carboxylic acids is 1. The predicted octanol–water partition coefficient (Wildman–Crippen LogP) is 0.262. The van der Waals surface area contributed by atoms with E-state index >= 15 is 0 Å². The van der Waals surface area contributed by atoms with Gasteiger partial charge in [-0.05, 0) is 20.9 Å². The molecule has 5 nitrogen and oxygen atoms in total. The zero-order chi connectivity index (χ0) is 11.4. The Kier molecular flexibility index (Phi) is 4.19. The van der Waals surface area contributed by atoms with E-state index in [0.717, 1.165) is 5.69 Å². The molecule has 1 unspecified atom stereocenters. The molecule has 3 N–H and O–H groups in total. The maximum Gasteiger partial charge on any atom is 0.250 e. The van der Waals surface area contributed by atoms with Crippen molar-refractivity contribution in [3.63, 3.8) is 0 Å². The standard InChI is InChI=1S/C9H16N4OS/c1-6-8(15-5-11-6)4-13(3)7(2)9(14)12-10/h5,7H,4,10H2,1-3H3,(H,12,14). The lowest BCUT2D eigenvalue weighted by molar-refractivity contribution is -0.125. The molecule has 0 fully saturated rings.